The number of rotatable bonds is 5. The molecule has 4 saturated carbocycles. The number of para-hydroxylation sites is 2. The van der Waals surface area contributed by atoms with E-state index in [1.807, 2.05) is 50.2 Å². The van der Waals surface area contributed by atoms with Crippen LogP contribution in [0.3, 0.4) is 0 Å². The molecule has 1 aliphatic heterocycles. The third-order valence-corrected chi connectivity index (χ3v) is 16.5. The molecular formula is C56H62Br2IN4O3Zn-. The van der Waals surface area contributed by atoms with Crippen LogP contribution < -0.4 is 21.2 Å². The van der Waals surface area contributed by atoms with Crippen molar-refractivity contribution in [3.63, 3.8) is 0 Å². The van der Waals surface area contributed by atoms with Gasteiger partial charge in [0, 0.05) is 74.1 Å². The fourth-order valence-electron chi connectivity index (χ4n) is 10.5. The van der Waals surface area contributed by atoms with Crippen molar-refractivity contribution in [2.75, 3.05) is 22.6 Å². The maximum absolute atomic E-state index is 6.14. The summed E-state index contributed by atoms with van der Waals surface area (Å²) in [5.74, 6) is 4.73. The minimum atomic E-state index is 0.607. The molecule has 5 fully saturated rings. The Kier molecular flexibility index (Phi) is 18.5. The van der Waals surface area contributed by atoms with E-state index in [9.17, 15) is 0 Å². The molecule has 7 nitrogen and oxygen atoms in total. The second-order valence-electron chi connectivity index (χ2n) is 18.5. The molecule has 0 radical (unpaired) electrons. The van der Waals surface area contributed by atoms with Crippen LogP contribution in [-0.4, -0.2) is 42.5 Å². The Labute approximate surface area is 432 Å². The number of aromatic nitrogens is 4. The molecule has 1 saturated heterocycles. The van der Waals surface area contributed by atoms with Crippen molar-refractivity contribution < 1.29 is 51.1 Å². The number of ether oxygens (including phenoxy) is 1. The first-order valence-corrected chi connectivity index (χ1v) is 35.5. The molecule has 7 heterocycles. The van der Waals surface area contributed by atoms with Crippen molar-refractivity contribution in [2.45, 2.75) is 97.3 Å². The van der Waals surface area contributed by atoms with Crippen molar-refractivity contribution in [3.05, 3.63) is 125 Å². The predicted octanol–water partition coefficient (Wildman–Crippen LogP) is 13.1. The molecule has 67 heavy (non-hydrogen) atoms. The predicted molar refractivity (Wildman–Crippen MR) is 275 cm³/mol. The Bertz CT molecular complexity index is 2800. The van der Waals surface area contributed by atoms with E-state index in [4.69, 9.17) is 18.6 Å². The zero-order chi connectivity index (χ0) is 46.7. The van der Waals surface area contributed by atoms with E-state index in [1.165, 1.54) is 97.0 Å². The van der Waals surface area contributed by atoms with Crippen LogP contribution in [0.2, 0.25) is 0 Å². The van der Waals surface area contributed by atoms with Gasteiger partial charge < -0.3 is 20.0 Å². The number of halogens is 3. The van der Waals surface area contributed by atoms with Gasteiger partial charge in [-0.1, -0.05) is 61.9 Å². The molecule has 0 amide bonds. The van der Waals surface area contributed by atoms with Gasteiger partial charge in [-0.05, 0) is 140 Å². The fourth-order valence-corrected chi connectivity index (χ4v) is 11.9. The first-order chi connectivity index (χ1) is 32.8. The Hall–Kier alpha value is -3.09. The van der Waals surface area contributed by atoms with E-state index in [0.717, 1.165) is 114 Å². The van der Waals surface area contributed by atoms with Crippen LogP contribution in [0.15, 0.2) is 111 Å². The van der Waals surface area contributed by atoms with Crippen molar-refractivity contribution in [1.29, 1.82) is 0 Å². The quantitative estimate of drug-likeness (QED) is 0.0734. The Balaban J connectivity index is 0.000000133. The summed E-state index contributed by atoms with van der Waals surface area (Å²) in [7, 11) is 0. The van der Waals surface area contributed by atoms with Gasteiger partial charge in [0.15, 0.2) is 0 Å². The summed E-state index contributed by atoms with van der Waals surface area (Å²) < 4.78 is 19.5. The van der Waals surface area contributed by atoms with E-state index in [-0.39, 0.29) is 0 Å². The van der Waals surface area contributed by atoms with Gasteiger partial charge in [0.1, 0.15) is 11.2 Å². The van der Waals surface area contributed by atoms with Gasteiger partial charge in [0.05, 0.1) is 11.4 Å². The Morgan fingerprint density at radius 3 is 1.67 bits per heavy atom. The molecular weight excluding hydrogens is 1130 g/mol. The molecule has 4 aliphatic carbocycles. The number of hydrogen-bond acceptors (Lipinski definition) is 7. The summed E-state index contributed by atoms with van der Waals surface area (Å²) in [6.07, 6.45) is 22.0. The number of nitrogens with zero attached hydrogens (tertiary/aromatic N) is 4. The van der Waals surface area contributed by atoms with Gasteiger partial charge in [-0.15, -0.1) is 0 Å². The molecule has 13 rings (SSSR count). The Morgan fingerprint density at radius 1 is 0.672 bits per heavy atom. The van der Waals surface area contributed by atoms with Crippen molar-refractivity contribution in [2.24, 2.45) is 23.7 Å². The molecule has 11 heteroatoms. The maximum atomic E-state index is 6.14. The molecule has 5 aliphatic rings. The van der Waals surface area contributed by atoms with Gasteiger partial charge in [-0.2, -0.15) is 12.3 Å². The summed E-state index contributed by atoms with van der Waals surface area (Å²) in [4.78, 5) is 20.6. The van der Waals surface area contributed by atoms with Gasteiger partial charge >= 0.3 is 73.9 Å². The topological polar surface area (TPSA) is 87.1 Å². The molecule has 0 N–H and O–H groups in total. The summed E-state index contributed by atoms with van der Waals surface area (Å²) in [5.41, 5.74) is 10.3. The number of pyridine rings is 4. The molecule has 5 unspecified atom stereocenters. The molecule has 0 spiro atoms. The molecule has 8 aromatic rings. The molecule has 2 aromatic carbocycles. The molecule has 4 bridgehead atoms. The van der Waals surface area contributed by atoms with Crippen LogP contribution >= 0.6 is 29.6 Å². The third kappa shape index (κ3) is 12.5. The zero-order valence-corrected chi connectivity index (χ0v) is 47.8. The number of aryl methyl sites for hydroxylation is 2. The van der Waals surface area contributed by atoms with E-state index < -0.39 is 0 Å². The van der Waals surface area contributed by atoms with E-state index >= 15 is 0 Å². The molecule has 5 atom stereocenters. The van der Waals surface area contributed by atoms with E-state index in [1.54, 1.807) is 6.20 Å². The summed E-state index contributed by atoms with van der Waals surface area (Å²) >= 11 is 8.27. The second-order valence-corrected chi connectivity index (χ2v) is 22.0. The van der Waals surface area contributed by atoms with Crippen LogP contribution in [-0.2, 0) is 21.1 Å². The normalized spacial score (nSPS) is 20.9. The van der Waals surface area contributed by atoms with Crippen LogP contribution in [0, 0.1) is 43.9 Å². The molecule has 348 valence electrons. The van der Waals surface area contributed by atoms with Crippen molar-refractivity contribution in [3.8, 4) is 22.5 Å². The van der Waals surface area contributed by atoms with Crippen LogP contribution in [0.25, 0.3) is 66.7 Å². The van der Waals surface area contributed by atoms with Gasteiger partial charge in [0.25, 0.3) is 0 Å². The number of alkyl halides is 2. The number of furan rings is 2. The summed E-state index contributed by atoms with van der Waals surface area (Å²) in [6, 6.07) is 29.0. The monoisotopic (exact) mass is 1190 g/mol. The fraction of sp³-hybridized carbons (Fsp3) is 0.411. The first kappa shape index (κ1) is 50.3. The minimum absolute atomic E-state index is 0.607. The van der Waals surface area contributed by atoms with Crippen molar-refractivity contribution >= 4 is 73.7 Å². The SMILES string of the molecule is C1CCOC1.CCC[I-]C.Cc1ccc2c(n1)oc1c(-c3ccc(Br)cn3)cccc12.Cc1ccc2c(n1)oc1c(-c3ccc(C4CC5CCC4C5)cn3)cccc12.[CH-]1CC2CCC1C2.[Zn+][Br]. The average molecular weight is 1190 g/mol. The first-order valence-electron chi connectivity index (χ1n) is 24.1. The average Bonchev–Trinajstić information content (AvgIpc) is 4.24. The number of fused-ring (bicyclic) bond motifs is 10. The van der Waals surface area contributed by atoms with Crippen molar-refractivity contribution in [1.82, 2.24) is 19.9 Å². The van der Waals surface area contributed by atoms with E-state index in [0.29, 0.717) is 32.6 Å². The van der Waals surface area contributed by atoms with Crippen LogP contribution in [0.4, 0.5) is 0 Å². The second kappa shape index (κ2) is 24.6. The van der Waals surface area contributed by atoms with Gasteiger partial charge in [-0.25, -0.2) is 9.97 Å². The summed E-state index contributed by atoms with van der Waals surface area (Å²) in [6.45, 7) is 8.19. The standard InChI is InChI=1S/C24H22N2O.C17H11BrN2O.C7H11.C4H10I.C4H8O.BrH.Zn/c1-14-5-9-19-18-3-2-4-20(23(18)27-24(19)26-14)22-10-8-17(13-25-22)21-12-15-6-7-16(21)11-15;1-10-5-7-13-12-3-2-4-14(16(12)21-17(13)20-10)15-8-6-11(18)9-19-15;1-2-7-4-3-6(1)5-7;1-3-4-5-2;1-2-4-5-3-1;;/h2-5,8-10,13,15-16,21H,6-7,11-12H2,1H3;2-9H,1H3;1,6-7H,2-5H2;3-4H2,1-2H3;1-4H2;1H;/q;;2*-1;;;+2/p-1. The van der Waals surface area contributed by atoms with Crippen LogP contribution in [0.1, 0.15) is 100 Å². The number of hydrogen-bond donors (Lipinski definition) is 0. The Morgan fingerprint density at radius 2 is 1.28 bits per heavy atom. The van der Waals surface area contributed by atoms with Crippen LogP contribution in [0.5, 0.6) is 0 Å². The van der Waals surface area contributed by atoms with Gasteiger partial charge in [-0.3, -0.25) is 9.97 Å². The number of benzene rings is 2. The summed E-state index contributed by atoms with van der Waals surface area (Å²) in [5, 5.41) is 4.28. The van der Waals surface area contributed by atoms with Gasteiger partial charge in [0.2, 0.25) is 11.4 Å². The zero-order valence-electron chi connectivity index (χ0n) is 39.5. The molecule has 6 aromatic heterocycles. The third-order valence-electron chi connectivity index (χ3n) is 13.8. The van der Waals surface area contributed by atoms with E-state index in [2.05, 4.69) is 118 Å².